The van der Waals surface area contributed by atoms with Gasteiger partial charge in [-0.05, 0) is 49.4 Å². The van der Waals surface area contributed by atoms with Gasteiger partial charge in [0.05, 0.1) is 21.8 Å². The van der Waals surface area contributed by atoms with E-state index in [1.807, 2.05) is 6.92 Å². The summed E-state index contributed by atoms with van der Waals surface area (Å²) in [5.41, 5.74) is 2.72. The van der Waals surface area contributed by atoms with Gasteiger partial charge in [-0.3, -0.25) is 0 Å². The number of benzene rings is 1. The molecule has 0 atom stereocenters. The number of halogens is 1. The van der Waals surface area contributed by atoms with E-state index < -0.39 is 0 Å². The summed E-state index contributed by atoms with van der Waals surface area (Å²) in [7, 11) is 0. The Bertz CT molecular complexity index is 1150. The normalized spacial score (nSPS) is 15.2. The van der Waals surface area contributed by atoms with Crippen LogP contribution in [0.5, 0.6) is 0 Å². The van der Waals surface area contributed by atoms with E-state index in [-0.39, 0.29) is 5.82 Å². The zero-order valence-electron chi connectivity index (χ0n) is 16.6. The molecule has 4 heterocycles. The molecule has 5 nitrogen and oxygen atoms in total. The minimum Gasteiger partial charge on any atom is -0.341 e. The third-order valence-electron chi connectivity index (χ3n) is 5.47. The van der Waals surface area contributed by atoms with E-state index in [9.17, 15) is 4.39 Å². The number of piperidine rings is 1. The fourth-order valence-corrected chi connectivity index (χ4v) is 5.45. The molecule has 1 aliphatic heterocycles. The second-order valence-electron chi connectivity index (χ2n) is 7.53. The molecule has 8 heteroatoms. The predicted octanol–water partition coefficient (Wildman–Crippen LogP) is 5.02. The Hall–Kier alpha value is -2.42. The molecule has 1 aromatic carbocycles. The van der Waals surface area contributed by atoms with Gasteiger partial charge in [0.2, 0.25) is 5.95 Å². The van der Waals surface area contributed by atoms with Gasteiger partial charge in [0.1, 0.15) is 10.8 Å². The van der Waals surface area contributed by atoms with Crippen LogP contribution in [-0.2, 0) is 6.54 Å². The second-order valence-corrected chi connectivity index (χ2v) is 9.34. The Morgan fingerprint density at radius 1 is 1.13 bits per heavy atom. The van der Waals surface area contributed by atoms with Crippen LogP contribution >= 0.6 is 22.7 Å². The monoisotopic (exact) mass is 439 g/mol. The van der Waals surface area contributed by atoms with Crippen molar-refractivity contribution in [2.75, 3.05) is 18.0 Å². The fourth-order valence-electron chi connectivity index (χ4n) is 3.81. The van der Waals surface area contributed by atoms with Gasteiger partial charge < -0.3 is 10.2 Å². The molecule has 0 radical (unpaired) electrons. The van der Waals surface area contributed by atoms with Gasteiger partial charge in [0.25, 0.3) is 0 Å². The summed E-state index contributed by atoms with van der Waals surface area (Å²) < 4.78 is 13.5. The Morgan fingerprint density at radius 3 is 2.80 bits per heavy atom. The topological polar surface area (TPSA) is 53.9 Å². The highest BCUT2D eigenvalue weighted by Gasteiger charge is 2.22. The van der Waals surface area contributed by atoms with E-state index in [0.717, 1.165) is 65.7 Å². The summed E-state index contributed by atoms with van der Waals surface area (Å²) in [6.45, 7) is 4.52. The van der Waals surface area contributed by atoms with Gasteiger partial charge in [-0.1, -0.05) is 6.07 Å². The van der Waals surface area contributed by atoms with Gasteiger partial charge in [0, 0.05) is 36.4 Å². The maximum Gasteiger partial charge on any atom is 0.226 e. The highest BCUT2D eigenvalue weighted by Crippen LogP contribution is 2.28. The number of fused-ring (bicyclic) bond motifs is 1. The molecule has 154 valence electrons. The summed E-state index contributed by atoms with van der Waals surface area (Å²) in [5.74, 6) is 0.488. The van der Waals surface area contributed by atoms with Crippen molar-refractivity contribution >= 4 is 39.5 Å². The molecule has 0 spiro atoms. The first-order chi connectivity index (χ1) is 14.7. The lowest BCUT2D eigenvalue weighted by molar-refractivity contribution is 0.410. The van der Waals surface area contributed by atoms with Gasteiger partial charge in [-0.15, -0.1) is 22.7 Å². The van der Waals surface area contributed by atoms with Crippen LogP contribution in [0.25, 0.3) is 20.8 Å². The zero-order chi connectivity index (χ0) is 20.5. The number of aryl methyl sites for hydroxylation is 1. The lowest BCUT2D eigenvalue weighted by Crippen LogP contribution is -2.43. The average molecular weight is 440 g/mol. The first-order valence-electron chi connectivity index (χ1n) is 10.1. The number of hydrogen-bond acceptors (Lipinski definition) is 7. The molecular weight excluding hydrogens is 417 g/mol. The Balaban J connectivity index is 1.19. The van der Waals surface area contributed by atoms with Crippen LogP contribution in [0.3, 0.4) is 0 Å². The van der Waals surface area contributed by atoms with Gasteiger partial charge >= 0.3 is 0 Å². The fraction of sp³-hybridized carbons (Fsp3) is 0.318. The standard InChI is InChI=1S/C22H22FN5S2/c1-14-18-11-15(23)4-5-19(18)27-22(25-14)28-8-6-16(7-9-28)24-12-17-13-30-21(26-17)20-3-2-10-29-20/h2-5,10-11,13,16,24H,6-9,12H2,1H3. The molecule has 0 aliphatic carbocycles. The molecule has 1 aliphatic rings. The van der Waals surface area contributed by atoms with Crippen molar-refractivity contribution in [3.8, 4) is 9.88 Å². The number of thiophene rings is 1. The predicted molar refractivity (Wildman–Crippen MR) is 122 cm³/mol. The smallest absolute Gasteiger partial charge is 0.226 e. The van der Waals surface area contributed by atoms with Crippen molar-refractivity contribution in [2.45, 2.75) is 32.4 Å². The van der Waals surface area contributed by atoms with Crippen LogP contribution in [0.4, 0.5) is 10.3 Å². The van der Waals surface area contributed by atoms with Crippen LogP contribution < -0.4 is 10.2 Å². The first kappa shape index (κ1) is 19.5. The van der Waals surface area contributed by atoms with Crippen LogP contribution in [0.1, 0.15) is 24.2 Å². The third kappa shape index (κ3) is 4.08. The number of nitrogens with zero attached hydrogens (tertiary/aromatic N) is 4. The zero-order valence-corrected chi connectivity index (χ0v) is 18.3. The Labute approximate surface area is 182 Å². The van der Waals surface area contributed by atoms with E-state index in [2.05, 4.69) is 43.1 Å². The van der Waals surface area contributed by atoms with Crippen LogP contribution in [0, 0.1) is 12.7 Å². The lowest BCUT2D eigenvalue weighted by Gasteiger charge is -2.32. The van der Waals surface area contributed by atoms with E-state index in [4.69, 9.17) is 4.98 Å². The van der Waals surface area contributed by atoms with E-state index in [0.29, 0.717) is 6.04 Å². The average Bonchev–Trinajstić information content (AvgIpc) is 3.45. The molecule has 1 N–H and O–H groups in total. The second kappa shape index (κ2) is 8.37. The number of thiazole rings is 1. The van der Waals surface area contributed by atoms with Crippen molar-refractivity contribution in [1.82, 2.24) is 20.3 Å². The van der Waals surface area contributed by atoms with Crippen LogP contribution in [-0.4, -0.2) is 34.1 Å². The van der Waals surface area contributed by atoms with Crippen molar-refractivity contribution < 1.29 is 4.39 Å². The SMILES string of the molecule is Cc1nc(N2CCC(NCc3csc(-c4cccs4)n3)CC2)nc2ccc(F)cc12. The summed E-state index contributed by atoms with van der Waals surface area (Å²) in [5, 5.41) is 9.76. The molecule has 0 unspecified atom stereocenters. The molecule has 0 saturated carbocycles. The number of nitrogens with one attached hydrogen (secondary N) is 1. The number of rotatable bonds is 5. The van der Waals surface area contributed by atoms with Crippen molar-refractivity contribution in [3.05, 3.63) is 58.3 Å². The molecule has 1 fully saturated rings. The first-order valence-corrected chi connectivity index (χ1v) is 11.8. The highest BCUT2D eigenvalue weighted by atomic mass is 32.1. The summed E-state index contributed by atoms with van der Waals surface area (Å²) >= 11 is 3.43. The molecule has 1 saturated heterocycles. The van der Waals surface area contributed by atoms with E-state index >= 15 is 0 Å². The Kier molecular flexibility index (Phi) is 5.45. The molecule has 4 aromatic rings. The minimum atomic E-state index is -0.253. The molecule has 0 bridgehead atoms. The van der Waals surface area contributed by atoms with Gasteiger partial charge in [-0.25, -0.2) is 19.3 Å². The molecule has 5 rings (SSSR count). The minimum absolute atomic E-state index is 0.253. The van der Waals surface area contributed by atoms with Crippen molar-refractivity contribution in [2.24, 2.45) is 0 Å². The third-order valence-corrected chi connectivity index (χ3v) is 7.40. The van der Waals surface area contributed by atoms with Gasteiger partial charge in [-0.2, -0.15) is 0 Å². The Morgan fingerprint density at radius 2 is 2.00 bits per heavy atom. The molecular formula is C22H22FN5S2. The summed E-state index contributed by atoms with van der Waals surface area (Å²) in [6.07, 6.45) is 2.07. The number of aromatic nitrogens is 3. The van der Waals surface area contributed by atoms with Crippen molar-refractivity contribution in [1.29, 1.82) is 0 Å². The molecule has 3 aromatic heterocycles. The quantitative estimate of drug-likeness (QED) is 0.473. The maximum atomic E-state index is 13.5. The van der Waals surface area contributed by atoms with Crippen LogP contribution in [0.15, 0.2) is 41.1 Å². The van der Waals surface area contributed by atoms with Crippen LogP contribution in [0.2, 0.25) is 0 Å². The van der Waals surface area contributed by atoms with Crippen molar-refractivity contribution in [3.63, 3.8) is 0 Å². The molecule has 0 amide bonds. The van der Waals surface area contributed by atoms with E-state index in [1.165, 1.54) is 17.0 Å². The maximum absolute atomic E-state index is 13.5. The largest absolute Gasteiger partial charge is 0.341 e. The number of hydrogen-bond donors (Lipinski definition) is 1. The molecule has 30 heavy (non-hydrogen) atoms. The summed E-state index contributed by atoms with van der Waals surface area (Å²) in [4.78, 5) is 17.5. The number of anilines is 1. The highest BCUT2D eigenvalue weighted by molar-refractivity contribution is 7.20. The summed E-state index contributed by atoms with van der Waals surface area (Å²) in [6, 6.07) is 9.33. The lowest BCUT2D eigenvalue weighted by atomic mass is 10.1. The van der Waals surface area contributed by atoms with Gasteiger partial charge in [0.15, 0.2) is 0 Å². The van der Waals surface area contributed by atoms with E-state index in [1.54, 1.807) is 28.7 Å².